The zero-order valence-corrected chi connectivity index (χ0v) is 12.9. The molecule has 3 rings (SSSR count). The summed E-state index contributed by atoms with van der Waals surface area (Å²) in [5.74, 6) is 0. The molecule has 0 spiro atoms. The van der Waals surface area contributed by atoms with Crippen LogP contribution in [0.1, 0.15) is 19.0 Å². The summed E-state index contributed by atoms with van der Waals surface area (Å²) in [6, 6.07) is 11.0. The van der Waals surface area contributed by atoms with Crippen molar-refractivity contribution < 1.29 is 8.78 Å². The Hall–Kier alpha value is -1.75. The van der Waals surface area contributed by atoms with Crippen molar-refractivity contribution in [2.45, 2.75) is 13.3 Å². The van der Waals surface area contributed by atoms with Crippen LogP contribution in [0.4, 0.5) is 14.5 Å². The van der Waals surface area contributed by atoms with Gasteiger partial charge in [-0.1, -0.05) is 40.2 Å². The Morgan fingerprint density at radius 3 is 2.52 bits per heavy atom. The second-order valence-corrected chi connectivity index (χ2v) is 5.58. The molecule has 2 aromatic carbocycles. The van der Waals surface area contributed by atoms with Crippen LogP contribution in [0.3, 0.4) is 0 Å². The molecule has 0 saturated heterocycles. The first-order valence-electron chi connectivity index (χ1n) is 6.65. The Morgan fingerprint density at radius 1 is 1.14 bits per heavy atom. The Balaban J connectivity index is 2.45. The molecule has 108 valence electrons. The van der Waals surface area contributed by atoms with Crippen LogP contribution in [0.25, 0.3) is 21.7 Å². The molecule has 0 unspecified atom stereocenters. The highest BCUT2D eigenvalue weighted by molar-refractivity contribution is 9.10. The van der Waals surface area contributed by atoms with Crippen molar-refractivity contribution in [3.05, 3.63) is 46.6 Å². The van der Waals surface area contributed by atoms with E-state index in [0.29, 0.717) is 17.7 Å². The second kappa shape index (κ2) is 5.56. The average Bonchev–Trinajstić information content (AvgIpc) is 2.48. The normalized spacial score (nSPS) is 11.5. The molecule has 0 amide bonds. The van der Waals surface area contributed by atoms with Crippen LogP contribution >= 0.6 is 15.9 Å². The van der Waals surface area contributed by atoms with Crippen LogP contribution in [0.15, 0.2) is 40.9 Å². The Labute approximate surface area is 129 Å². The summed E-state index contributed by atoms with van der Waals surface area (Å²) in [7, 11) is 0. The molecule has 1 aromatic heterocycles. The molecule has 1 heterocycles. The van der Waals surface area contributed by atoms with E-state index in [9.17, 15) is 8.78 Å². The fraction of sp³-hybridized carbons (Fsp3) is 0.188. The molecule has 3 aromatic rings. The number of anilines is 1. The van der Waals surface area contributed by atoms with E-state index in [1.165, 1.54) is 6.07 Å². The molecule has 0 bridgehead atoms. The van der Waals surface area contributed by atoms with E-state index in [1.807, 2.05) is 37.3 Å². The molecular formula is C16H13BrF2N2. The number of nitrogens with one attached hydrogen (secondary N) is 1. The van der Waals surface area contributed by atoms with Crippen LogP contribution in [-0.2, 0) is 0 Å². The average molecular weight is 351 g/mol. The topological polar surface area (TPSA) is 24.9 Å². The number of nitrogens with zero attached hydrogens (tertiary/aromatic N) is 1. The van der Waals surface area contributed by atoms with Gasteiger partial charge in [-0.25, -0.2) is 13.8 Å². The first-order valence-corrected chi connectivity index (χ1v) is 7.45. The fourth-order valence-electron chi connectivity index (χ4n) is 2.48. The lowest BCUT2D eigenvalue weighted by Crippen LogP contribution is -2.01. The van der Waals surface area contributed by atoms with E-state index in [2.05, 4.69) is 26.2 Å². The number of alkyl halides is 2. The number of hydrogen-bond donors (Lipinski definition) is 1. The molecule has 0 saturated carbocycles. The molecule has 1 N–H and O–H groups in total. The van der Waals surface area contributed by atoms with Gasteiger partial charge in [0.1, 0.15) is 5.69 Å². The largest absolute Gasteiger partial charge is 0.385 e. The standard InChI is InChI=1S/C16H13BrF2N2/c1-2-20-13-8-14(16(18)19)21-15-10-6-4-3-5-9(10)12(17)7-11(13)15/h3-8,16H,2H2,1H3,(H,20,21). The summed E-state index contributed by atoms with van der Waals surface area (Å²) in [6.07, 6.45) is -2.59. The van der Waals surface area contributed by atoms with Crippen molar-refractivity contribution in [1.29, 1.82) is 0 Å². The van der Waals surface area contributed by atoms with Gasteiger partial charge < -0.3 is 5.32 Å². The van der Waals surface area contributed by atoms with Crippen LogP contribution in [-0.4, -0.2) is 11.5 Å². The monoisotopic (exact) mass is 350 g/mol. The minimum atomic E-state index is -2.59. The van der Waals surface area contributed by atoms with Crippen molar-refractivity contribution in [2.24, 2.45) is 0 Å². The van der Waals surface area contributed by atoms with Gasteiger partial charge in [0, 0.05) is 27.5 Å². The molecule has 0 aliphatic rings. The van der Waals surface area contributed by atoms with E-state index < -0.39 is 6.43 Å². The SMILES string of the molecule is CCNc1cc(C(F)F)nc2c1cc(Br)c1ccccc12. The Kier molecular flexibility index (Phi) is 3.76. The van der Waals surface area contributed by atoms with Crippen LogP contribution in [0.5, 0.6) is 0 Å². The summed E-state index contributed by atoms with van der Waals surface area (Å²) < 4.78 is 27.1. The summed E-state index contributed by atoms with van der Waals surface area (Å²) in [5.41, 5.74) is 1.08. The molecule has 0 radical (unpaired) electrons. The van der Waals surface area contributed by atoms with Crippen molar-refractivity contribution >= 4 is 43.3 Å². The highest BCUT2D eigenvalue weighted by atomic mass is 79.9. The van der Waals surface area contributed by atoms with Gasteiger partial charge in [-0.3, -0.25) is 0 Å². The molecule has 2 nitrogen and oxygen atoms in total. The Bertz CT molecular complexity index is 818. The first kappa shape index (κ1) is 14.2. The molecule has 0 atom stereocenters. The van der Waals surface area contributed by atoms with E-state index in [1.54, 1.807) is 0 Å². The van der Waals surface area contributed by atoms with E-state index in [0.717, 1.165) is 20.6 Å². The maximum atomic E-state index is 13.1. The Morgan fingerprint density at radius 2 is 1.86 bits per heavy atom. The number of rotatable bonds is 3. The summed E-state index contributed by atoms with van der Waals surface area (Å²) in [4.78, 5) is 4.18. The number of fused-ring (bicyclic) bond motifs is 3. The van der Waals surface area contributed by atoms with Crippen LogP contribution in [0, 0.1) is 0 Å². The molecule has 21 heavy (non-hydrogen) atoms. The van der Waals surface area contributed by atoms with Gasteiger partial charge in [0.05, 0.1) is 5.52 Å². The van der Waals surface area contributed by atoms with Gasteiger partial charge in [0.25, 0.3) is 6.43 Å². The zero-order chi connectivity index (χ0) is 15.0. The van der Waals surface area contributed by atoms with Gasteiger partial charge in [-0.05, 0) is 24.4 Å². The summed E-state index contributed by atoms with van der Waals surface area (Å²) in [6.45, 7) is 2.59. The summed E-state index contributed by atoms with van der Waals surface area (Å²) in [5, 5.41) is 5.81. The van der Waals surface area contributed by atoms with Gasteiger partial charge in [0.15, 0.2) is 0 Å². The predicted molar refractivity (Wildman–Crippen MR) is 86.1 cm³/mol. The first-order chi connectivity index (χ1) is 10.1. The van der Waals surface area contributed by atoms with E-state index in [-0.39, 0.29) is 5.69 Å². The van der Waals surface area contributed by atoms with Gasteiger partial charge in [-0.15, -0.1) is 0 Å². The highest BCUT2D eigenvalue weighted by Crippen LogP contribution is 2.36. The zero-order valence-electron chi connectivity index (χ0n) is 11.3. The predicted octanol–water partition coefficient (Wildman–Crippen LogP) is 5.52. The third-order valence-electron chi connectivity index (χ3n) is 3.38. The van der Waals surface area contributed by atoms with E-state index >= 15 is 0 Å². The maximum Gasteiger partial charge on any atom is 0.280 e. The van der Waals surface area contributed by atoms with E-state index in [4.69, 9.17) is 0 Å². The number of aromatic nitrogens is 1. The molecule has 0 aliphatic carbocycles. The van der Waals surface area contributed by atoms with Crippen LogP contribution in [0.2, 0.25) is 0 Å². The maximum absolute atomic E-state index is 13.1. The van der Waals surface area contributed by atoms with Crippen molar-refractivity contribution in [3.63, 3.8) is 0 Å². The lowest BCUT2D eigenvalue weighted by Gasteiger charge is -2.13. The molecular weight excluding hydrogens is 338 g/mol. The number of pyridine rings is 1. The quantitative estimate of drug-likeness (QED) is 0.629. The third kappa shape index (κ3) is 2.46. The fourth-order valence-corrected chi connectivity index (χ4v) is 3.05. The molecule has 0 aliphatic heterocycles. The van der Waals surface area contributed by atoms with Crippen molar-refractivity contribution in [2.75, 3.05) is 11.9 Å². The molecule has 5 heteroatoms. The minimum absolute atomic E-state index is 0.203. The van der Waals surface area contributed by atoms with Gasteiger partial charge in [-0.2, -0.15) is 0 Å². The minimum Gasteiger partial charge on any atom is -0.385 e. The van der Waals surface area contributed by atoms with Gasteiger partial charge in [0.2, 0.25) is 0 Å². The summed E-state index contributed by atoms with van der Waals surface area (Å²) >= 11 is 3.55. The lowest BCUT2D eigenvalue weighted by molar-refractivity contribution is 0.146. The molecule has 0 fully saturated rings. The van der Waals surface area contributed by atoms with Gasteiger partial charge >= 0.3 is 0 Å². The second-order valence-electron chi connectivity index (χ2n) is 4.73. The number of hydrogen-bond acceptors (Lipinski definition) is 2. The van der Waals surface area contributed by atoms with Crippen molar-refractivity contribution in [3.8, 4) is 0 Å². The van der Waals surface area contributed by atoms with Crippen molar-refractivity contribution in [1.82, 2.24) is 4.98 Å². The number of benzene rings is 2. The van der Waals surface area contributed by atoms with Crippen LogP contribution < -0.4 is 5.32 Å². The highest BCUT2D eigenvalue weighted by Gasteiger charge is 2.15. The smallest absolute Gasteiger partial charge is 0.280 e. The lowest BCUT2D eigenvalue weighted by atomic mass is 10.0. The third-order valence-corrected chi connectivity index (χ3v) is 4.04. The number of halogens is 3.